The fraction of sp³-hybridized carbons (Fsp3) is 0.529. The normalized spacial score (nSPS) is 15.7. The number of imidazole rings is 1. The first kappa shape index (κ1) is 16.7. The number of rotatable bonds is 6. The number of hydrogen-bond donors (Lipinski definition) is 1. The Bertz CT molecular complexity index is 707. The van der Waals surface area contributed by atoms with Crippen molar-refractivity contribution in [2.75, 3.05) is 45.2 Å². The lowest BCUT2D eigenvalue weighted by Crippen LogP contribution is -2.37. The van der Waals surface area contributed by atoms with Gasteiger partial charge in [0.25, 0.3) is 0 Å². The average Bonchev–Trinajstić information content (AvgIpc) is 2.91. The molecule has 0 radical (unpaired) electrons. The van der Waals surface area contributed by atoms with Crippen LogP contribution >= 0.6 is 0 Å². The second kappa shape index (κ2) is 7.63. The fourth-order valence-corrected chi connectivity index (χ4v) is 3.00. The molecule has 0 saturated carbocycles. The molecular formula is C17H24N4O3. The van der Waals surface area contributed by atoms with Gasteiger partial charge in [-0.25, -0.2) is 9.78 Å². The average molecular weight is 332 g/mol. The van der Waals surface area contributed by atoms with E-state index < -0.39 is 0 Å². The number of esters is 1. The van der Waals surface area contributed by atoms with Crippen LogP contribution in [0.5, 0.6) is 0 Å². The highest BCUT2D eigenvalue weighted by Crippen LogP contribution is 2.20. The Morgan fingerprint density at radius 1 is 1.33 bits per heavy atom. The van der Waals surface area contributed by atoms with Crippen molar-refractivity contribution in [3.63, 3.8) is 0 Å². The van der Waals surface area contributed by atoms with E-state index in [-0.39, 0.29) is 5.97 Å². The number of aryl methyl sites for hydroxylation is 1. The molecule has 24 heavy (non-hydrogen) atoms. The Morgan fingerprint density at radius 3 is 2.88 bits per heavy atom. The number of nitrogens with two attached hydrogens (primary N) is 1. The Balaban J connectivity index is 1.69. The fourth-order valence-electron chi connectivity index (χ4n) is 3.00. The number of anilines is 1. The molecule has 0 amide bonds. The van der Waals surface area contributed by atoms with Gasteiger partial charge in [0.1, 0.15) is 0 Å². The maximum Gasteiger partial charge on any atom is 0.338 e. The van der Waals surface area contributed by atoms with Gasteiger partial charge < -0.3 is 19.8 Å². The van der Waals surface area contributed by atoms with Gasteiger partial charge in [0.15, 0.2) is 0 Å². The van der Waals surface area contributed by atoms with Crippen LogP contribution in [0.2, 0.25) is 0 Å². The second-order valence-electron chi connectivity index (χ2n) is 5.85. The van der Waals surface area contributed by atoms with Crippen LogP contribution in [-0.4, -0.2) is 59.9 Å². The number of carbonyl (C=O) groups excluding carboxylic acids is 1. The molecule has 2 N–H and O–H groups in total. The zero-order valence-electron chi connectivity index (χ0n) is 14.0. The molecule has 130 valence electrons. The molecule has 0 atom stereocenters. The third-order valence-corrected chi connectivity index (χ3v) is 4.25. The molecule has 1 aliphatic heterocycles. The summed E-state index contributed by atoms with van der Waals surface area (Å²) in [6.45, 7) is 7.57. The summed E-state index contributed by atoms with van der Waals surface area (Å²) in [6.07, 6.45) is 0.995. The van der Waals surface area contributed by atoms with Crippen molar-refractivity contribution in [2.24, 2.45) is 0 Å². The van der Waals surface area contributed by atoms with E-state index in [2.05, 4.69) is 9.88 Å². The van der Waals surface area contributed by atoms with Gasteiger partial charge in [0, 0.05) is 26.2 Å². The molecular weight excluding hydrogens is 308 g/mol. The monoisotopic (exact) mass is 332 g/mol. The molecule has 1 aromatic carbocycles. The number of ether oxygens (including phenoxy) is 2. The molecule has 2 aromatic rings. The van der Waals surface area contributed by atoms with Crippen LogP contribution in [0.1, 0.15) is 23.7 Å². The first-order valence-electron chi connectivity index (χ1n) is 8.42. The Kier molecular flexibility index (Phi) is 5.32. The summed E-state index contributed by atoms with van der Waals surface area (Å²) in [4.78, 5) is 18.6. The van der Waals surface area contributed by atoms with Gasteiger partial charge in [-0.15, -0.1) is 0 Å². The van der Waals surface area contributed by atoms with Crippen molar-refractivity contribution in [3.8, 4) is 0 Å². The predicted molar refractivity (Wildman–Crippen MR) is 92.0 cm³/mol. The van der Waals surface area contributed by atoms with Crippen LogP contribution in [0.4, 0.5) is 5.95 Å². The number of carbonyl (C=O) groups is 1. The smallest absolute Gasteiger partial charge is 0.338 e. The van der Waals surface area contributed by atoms with Gasteiger partial charge in [0.05, 0.1) is 36.4 Å². The molecule has 1 fully saturated rings. The Hall–Kier alpha value is -2.12. The number of nitrogens with zero attached hydrogens (tertiary/aromatic N) is 3. The van der Waals surface area contributed by atoms with Crippen LogP contribution in [-0.2, 0) is 16.0 Å². The lowest BCUT2D eigenvalue weighted by Gasteiger charge is -2.26. The van der Waals surface area contributed by atoms with Crippen LogP contribution < -0.4 is 5.73 Å². The van der Waals surface area contributed by atoms with E-state index in [9.17, 15) is 4.79 Å². The zero-order valence-corrected chi connectivity index (χ0v) is 14.0. The van der Waals surface area contributed by atoms with E-state index in [1.54, 1.807) is 19.1 Å². The van der Waals surface area contributed by atoms with Crippen LogP contribution in [0.15, 0.2) is 18.2 Å². The third-order valence-electron chi connectivity index (χ3n) is 4.25. The summed E-state index contributed by atoms with van der Waals surface area (Å²) in [5, 5.41) is 0. The molecule has 2 heterocycles. The highest BCUT2D eigenvalue weighted by molar-refractivity contribution is 5.94. The maximum atomic E-state index is 11.8. The lowest BCUT2D eigenvalue weighted by molar-refractivity contribution is 0.0370. The summed E-state index contributed by atoms with van der Waals surface area (Å²) in [7, 11) is 0. The van der Waals surface area contributed by atoms with Gasteiger partial charge in [0.2, 0.25) is 5.95 Å². The predicted octanol–water partition coefficient (Wildman–Crippen LogP) is 1.52. The van der Waals surface area contributed by atoms with Crippen molar-refractivity contribution in [3.05, 3.63) is 23.8 Å². The number of morpholine rings is 1. The topological polar surface area (TPSA) is 82.6 Å². The van der Waals surface area contributed by atoms with E-state index >= 15 is 0 Å². The minimum Gasteiger partial charge on any atom is -0.462 e. The van der Waals surface area contributed by atoms with Gasteiger partial charge in [-0.1, -0.05) is 0 Å². The van der Waals surface area contributed by atoms with E-state index in [0.717, 1.165) is 56.8 Å². The van der Waals surface area contributed by atoms with Crippen LogP contribution in [0.3, 0.4) is 0 Å². The molecule has 0 spiro atoms. The first-order valence-corrected chi connectivity index (χ1v) is 8.42. The first-order chi connectivity index (χ1) is 11.7. The van der Waals surface area contributed by atoms with Gasteiger partial charge in [-0.2, -0.15) is 0 Å². The van der Waals surface area contributed by atoms with Crippen molar-refractivity contribution in [1.82, 2.24) is 14.5 Å². The molecule has 0 aliphatic carbocycles. The maximum absolute atomic E-state index is 11.8. The minimum atomic E-state index is -0.333. The molecule has 0 unspecified atom stereocenters. The number of benzene rings is 1. The van der Waals surface area contributed by atoms with Gasteiger partial charge in [-0.3, -0.25) is 4.90 Å². The van der Waals surface area contributed by atoms with Crippen LogP contribution in [0.25, 0.3) is 11.0 Å². The molecule has 1 aromatic heterocycles. The molecule has 1 aliphatic rings. The number of nitrogen functional groups attached to an aromatic ring is 1. The van der Waals surface area contributed by atoms with Crippen molar-refractivity contribution >= 4 is 23.0 Å². The van der Waals surface area contributed by atoms with Crippen molar-refractivity contribution in [1.29, 1.82) is 0 Å². The number of hydrogen-bond acceptors (Lipinski definition) is 6. The second-order valence-corrected chi connectivity index (χ2v) is 5.85. The lowest BCUT2D eigenvalue weighted by atomic mass is 10.2. The quantitative estimate of drug-likeness (QED) is 0.808. The molecule has 0 bridgehead atoms. The van der Waals surface area contributed by atoms with Crippen molar-refractivity contribution in [2.45, 2.75) is 19.9 Å². The SMILES string of the molecule is CCOC(=O)c1ccc2c(c1)nc(N)n2CCCN1CCOCC1. The summed E-state index contributed by atoms with van der Waals surface area (Å²) >= 11 is 0. The van der Waals surface area contributed by atoms with E-state index in [4.69, 9.17) is 15.2 Å². The third kappa shape index (κ3) is 3.68. The minimum absolute atomic E-state index is 0.333. The summed E-state index contributed by atoms with van der Waals surface area (Å²) in [6, 6.07) is 5.39. The van der Waals surface area contributed by atoms with Gasteiger partial charge in [-0.05, 0) is 31.5 Å². The summed E-state index contributed by atoms with van der Waals surface area (Å²) in [5.41, 5.74) is 8.23. The van der Waals surface area contributed by atoms with E-state index in [1.807, 2.05) is 10.6 Å². The summed E-state index contributed by atoms with van der Waals surface area (Å²) in [5.74, 6) is 0.146. The Morgan fingerprint density at radius 2 is 2.12 bits per heavy atom. The van der Waals surface area contributed by atoms with E-state index in [1.165, 1.54) is 0 Å². The van der Waals surface area contributed by atoms with Crippen molar-refractivity contribution < 1.29 is 14.3 Å². The molecule has 3 rings (SSSR count). The number of aromatic nitrogens is 2. The highest BCUT2D eigenvalue weighted by atomic mass is 16.5. The Labute approximate surface area is 141 Å². The molecule has 1 saturated heterocycles. The molecule has 7 heteroatoms. The zero-order chi connectivity index (χ0) is 16.9. The van der Waals surface area contributed by atoms with Crippen LogP contribution in [0, 0.1) is 0 Å². The molecule has 7 nitrogen and oxygen atoms in total. The van der Waals surface area contributed by atoms with E-state index in [0.29, 0.717) is 18.1 Å². The standard InChI is InChI=1S/C17H24N4O3/c1-2-24-16(22)13-4-5-15-14(12-13)19-17(18)21(15)7-3-6-20-8-10-23-11-9-20/h4-5,12H,2-3,6-11H2,1H3,(H2,18,19). The van der Waals surface area contributed by atoms with Gasteiger partial charge >= 0.3 is 5.97 Å². The summed E-state index contributed by atoms with van der Waals surface area (Å²) < 4.78 is 12.4. The number of fused-ring (bicyclic) bond motifs is 1. The largest absolute Gasteiger partial charge is 0.462 e. The highest BCUT2D eigenvalue weighted by Gasteiger charge is 2.14.